The van der Waals surface area contributed by atoms with Crippen LogP contribution in [0, 0.1) is 0 Å². The lowest BCUT2D eigenvalue weighted by molar-refractivity contribution is 0.0954. The molecule has 0 bridgehead atoms. The monoisotopic (exact) mass is 280 g/mol. The fourth-order valence-corrected chi connectivity index (χ4v) is 2.30. The van der Waals surface area contributed by atoms with Gasteiger partial charge in [-0.25, -0.2) is 9.97 Å². The minimum absolute atomic E-state index is 0.230. The Labute approximate surface area is 115 Å². The molecular formula is C11H16N6OS. The first-order chi connectivity index (χ1) is 8.99. The first-order valence-corrected chi connectivity index (χ1v) is 6.48. The van der Waals surface area contributed by atoms with Gasteiger partial charge < -0.3 is 20.5 Å². The minimum Gasteiger partial charge on any atom is -0.382 e. The molecule has 0 saturated heterocycles. The number of anilines is 2. The van der Waals surface area contributed by atoms with Crippen molar-refractivity contribution >= 4 is 28.2 Å². The summed E-state index contributed by atoms with van der Waals surface area (Å²) in [6.45, 7) is 0.358. The van der Waals surface area contributed by atoms with E-state index in [4.69, 9.17) is 5.73 Å². The lowest BCUT2D eigenvalue weighted by Crippen LogP contribution is -2.24. The van der Waals surface area contributed by atoms with E-state index in [0.717, 1.165) is 5.82 Å². The predicted octanol–water partition coefficient (Wildman–Crippen LogP) is 0.455. The summed E-state index contributed by atoms with van der Waals surface area (Å²) in [4.78, 5) is 22.5. The third-order valence-corrected chi connectivity index (χ3v) is 3.80. The SMILES string of the molecule is CN(C)c1nc(N)c(C(=O)NCc2nccn2C)s1. The zero-order valence-corrected chi connectivity index (χ0v) is 11.9. The maximum atomic E-state index is 12.0. The molecule has 0 aromatic carbocycles. The number of aromatic nitrogens is 3. The maximum absolute atomic E-state index is 12.0. The van der Waals surface area contributed by atoms with E-state index >= 15 is 0 Å². The molecule has 7 nitrogen and oxygen atoms in total. The molecule has 2 heterocycles. The van der Waals surface area contributed by atoms with Crippen molar-refractivity contribution in [1.29, 1.82) is 0 Å². The Morgan fingerprint density at radius 1 is 1.58 bits per heavy atom. The number of nitrogen functional groups attached to an aromatic ring is 1. The molecule has 0 atom stereocenters. The number of rotatable bonds is 4. The van der Waals surface area contributed by atoms with Crippen molar-refractivity contribution in [2.24, 2.45) is 7.05 Å². The normalized spacial score (nSPS) is 10.5. The van der Waals surface area contributed by atoms with Crippen LogP contribution in [0.4, 0.5) is 10.9 Å². The van der Waals surface area contributed by atoms with Crippen molar-refractivity contribution in [3.63, 3.8) is 0 Å². The van der Waals surface area contributed by atoms with E-state index < -0.39 is 0 Å². The van der Waals surface area contributed by atoms with E-state index in [1.165, 1.54) is 11.3 Å². The smallest absolute Gasteiger partial charge is 0.265 e. The highest BCUT2D eigenvalue weighted by atomic mass is 32.1. The second-order valence-electron chi connectivity index (χ2n) is 4.24. The molecule has 0 aliphatic carbocycles. The molecule has 0 aliphatic heterocycles. The number of nitrogens with two attached hydrogens (primary N) is 1. The van der Waals surface area contributed by atoms with Gasteiger partial charge >= 0.3 is 0 Å². The highest BCUT2D eigenvalue weighted by Crippen LogP contribution is 2.26. The molecule has 3 N–H and O–H groups in total. The van der Waals surface area contributed by atoms with Crippen LogP contribution in [-0.2, 0) is 13.6 Å². The number of carbonyl (C=O) groups is 1. The summed E-state index contributed by atoms with van der Waals surface area (Å²) in [6.07, 6.45) is 3.51. The van der Waals surface area contributed by atoms with E-state index in [1.54, 1.807) is 6.20 Å². The number of aryl methyl sites for hydroxylation is 1. The number of imidazole rings is 1. The third-order valence-electron chi connectivity index (χ3n) is 2.56. The summed E-state index contributed by atoms with van der Waals surface area (Å²) in [6, 6.07) is 0. The Bertz CT molecular complexity index is 588. The van der Waals surface area contributed by atoms with Gasteiger partial charge in [0.1, 0.15) is 16.5 Å². The number of nitrogens with zero attached hydrogens (tertiary/aromatic N) is 4. The van der Waals surface area contributed by atoms with E-state index in [9.17, 15) is 4.79 Å². The fraction of sp³-hybridized carbons (Fsp3) is 0.364. The van der Waals surface area contributed by atoms with Crippen molar-refractivity contribution in [3.05, 3.63) is 23.1 Å². The molecule has 0 saturated carbocycles. The Kier molecular flexibility index (Phi) is 3.70. The van der Waals surface area contributed by atoms with Gasteiger partial charge in [-0.3, -0.25) is 4.79 Å². The van der Waals surface area contributed by atoms with Crippen LogP contribution >= 0.6 is 11.3 Å². The zero-order chi connectivity index (χ0) is 14.0. The van der Waals surface area contributed by atoms with Gasteiger partial charge in [-0.05, 0) is 0 Å². The molecule has 0 aliphatic rings. The number of hydrogen-bond acceptors (Lipinski definition) is 6. The third kappa shape index (κ3) is 2.84. The van der Waals surface area contributed by atoms with E-state index in [1.807, 2.05) is 36.8 Å². The highest BCUT2D eigenvalue weighted by molar-refractivity contribution is 7.18. The van der Waals surface area contributed by atoms with Gasteiger partial charge in [0.05, 0.1) is 6.54 Å². The summed E-state index contributed by atoms with van der Waals surface area (Å²) >= 11 is 1.27. The van der Waals surface area contributed by atoms with Crippen LogP contribution in [0.1, 0.15) is 15.5 Å². The number of amides is 1. The van der Waals surface area contributed by atoms with Gasteiger partial charge in [0.25, 0.3) is 5.91 Å². The molecule has 0 unspecified atom stereocenters. The van der Waals surface area contributed by atoms with Crippen molar-refractivity contribution in [2.45, 2.75) is 6.54 Å². The second-order valence-corrected chi connectivity index (χ2v) is 5.22. The topological polar surface area (TPSA) is 89.1 Å². The quantitative estimate of drug-likeness (QED) is 0.849. The average molecular weight is 280 g/mol. The maximum Gasteiger partial charge on any atom is 0.265 e. The molecule has 1 amide bonds. The fourth-order valence-electron chi connectivity index (χ4n) is 1.48. The van der Waals surface area contributed by atoms with Gasteiger partial charge in [0.2, 0.25) is 0 Å². The molecule has 0 fully saturated rings. The molecule has 2 aromatic rings. The first-order valence-electron chi connectivity index (χ1n) is 5.67. The standard InChI is InChI=1S/C11H16N6OS/c1-16(2)11-15-9(12)8(19-11)10(18)14-6-7-13-4-5-17(7)3/h4-5H,6,12H2,1-3H3,(H,14,18). The van der Waals surface area contributed by atoms with Gasteiger partial charge in [0, 0.05) is 33.5 Å². The molecule has 8 heteroatoms. The van der Waals surface area contributed by atoms with Crippen LogP contribution in [0.3, 0.4) is 0 Å². The first kappa shape index (κ1) is 13.3. The lowest BCUT2D eigenvalue weighted by Gasteiger charge is -2.05. The van der Waals surface area contributed by atoms with Crippen molar-refractivity contribution < 1.29 is 4.79 Å². The van der Waals surface area contributed by atoms with Crippen LogP contribution < -0.4 is 16.0 Å². The van der Waals surface area contributed by atoms with Gasteiger partial charge in [0.15, 0.2) is 5.13 Å². The van der Waals surface area contributed by atoms with E-state index in [2.05, 4.69) is 15.3 Å². The Hall–Kier alpha value is -2.09. The van der Waals surface area contributed by atoms with Crippen LogP contribution in [-0.4, -0.2) is 34.5 Å². The molecular weight excluding hydrogens is 264 g/mol. The number of hydrogen-bond donors (Lipinski definition) is 2. The Morgan fingerprint density at radius 3 is 2.84 bits per heavy atom. The van der Waals surface area contributed by atoms with Crippen molar-refractivity contribution in [2.75, 3.05) is 24.7 Å². The van der Waals surface area contributed by atoms with Gasteiger partial charge in [-0.2, -0.15) is 0 Å². The van der Waals surface area contributed by atoms with Gasteiger partial charge in [-0.1, -0.05) is 11.3 Å². The highest BCUT2D eigenvalue weighted by Gasteiger charge is 2.17. The van der Waals surface area contributed by atoms with E-state index in [0.29, 0.717) is 16.6 Å². The zero-order valence-electron chi connectivity index (χ0n) is 11.0. The molecule has 0 radical (unpaired) electrons. The second kappa shape index (κ2) is 5.27. The summed E-state index contributed by atoms with van der Waals surface area (Å²) in [5.41, 5.74) is 5.75. The number of thiazole rings is 1. The predicted molar refractivity (Wildman–Crippen MR) is 75.2 cm³/mol. The largest absolute Gasteiger partial charge is 0.382 e. The molecule has 19 heavy (non-hydrogen) atoms. The molecule has 2 aromatic heterocycles. The van der Waals surface area contributed by atoms with Crippen molar-refractivity contribution in [3.8, 4) is 0 Å². The Balaban J connectivity index is 2.06. The minimum atomic E-state index is -0.230. The van der Waals surface area contributed by atoms with Crippen LogP contribution in [0.15, 0.2) is 12.4 Å². The van der Waals surface area contributed by atoms with Crippen molar-refractivity contribution in [1.82, 2.24) is 19.9 Å². The van der Waals surface area contributed by atoms with E-state index in [-0.39, 0.29) is 11.7 Å². The molecule has 0 spiro atoms. The Morgan fingerprint density at radius 2 is 2.32 bits per heavy atom. The number of carbonyl (C=O) groups excluding carboxylic acids is 1. The molecule has 102 valence electrons. The summed E-state index contributed by atoms with van der Waals surface area (Å²) in [7, 11) is 5.58. The number of nitrogens with one attached hydrogen (secondary N) is 1. The summed E-state index contributed by atoms with van der Waals surface area (Å²) < 4.78 is 1.85. The summed E-state index contributed by atoms with van der Waals surface area (Å²) in [5.74, 6) is 0.807. The summed E-state index contributed by atoms with van der Waals surface area (Å²) in [5, 5.41) is 3.49. The van der Waals surface area contributed by atoms with Crippen LogP contribution in [0.5, 0.6) is 0 Å². The van der Waals surface area contributed by atoms with Crippen LogP contribution in [0.25, 0.3) is 0 Å². The van der Waals surface area contributed by atoms with Gasteiger partial charge in [-0.15, -0.1) is 0 Å². The average Bonchev–Trinajstić information content (AvgIpc) is 2.93. The molecule has 2 rings (SSSR count). The van der Waals surface area contributed by atoms with Crippen LogP contribution in [0.2, 0.25) is 0 Å². The lowest BCUT2D eigenvalue weighted by atomic mass is 10.4.